The molecule has 0 aliphatic heterocycles. The van der Waals surface area contributed by atoms with Crippen LogP contribution in [0.4, 0.5) is 0 Å². The molecule has 1 aromatic carbocycles. The Bertz CT molecular complexity index is 677. The fourth-order valence-corrected chi connectivity index (χ4v) is 2.48. The maximum atomic E-state index is 5.62. The zero-order chi connectivity index (χ0) is 18.6. The monoisotopic (exact) mass is 487 g/mol. The third-order valence-electron chi connectivity index (χ3n) is 3.71. The maximum Gasteiger partial charge on any atom is 0.191 e. The minimum Gasteiger partial charge on any atom is -0.493 e. The van der Waals surface area contributed by atoms with Gasteiger partial charge in [-0.15, -0.1) is 24.0 Å². The quantitative estimate of drug-likeness (QED) is 0.233. The highest BCUT2D eigenvalue weighted by Gasteiger charge is 2.05. The fourth-order valence-electron chi connectivity index (χ4n) is 2.48. The van der Waals surface area contributed by atoms with Crippen molar-refractivity contribution in [2.75, 3.05) is 26.8 Å². The average Bonchev–Trinajstić information content (AvgIpc) is 3.17. The van der Waals surface area contributed by atoms with Gasteiger partial charge in [-0.3, -0.25) is 4.68 Å². The van der Waals surface area contributed by atoms with Gasteiger partial charge in [0.25, 0.3) is 0 Å². The van der Waals surface area contributed by atoms with Crippen molar-refractivity contribution in [3.05, 3.63) is 42.2 Å². The van der Waals surface area contributed by atoms with Gasteiger partial charge in [0, 0.05) is 32.0 Å². The van der Waals surface area contributed by atoms with E-state index >= 15 is 0 Å². The highest BCUT2D eigenvalue weighted by Crippen LogP contribution is 2.28. The third-order valence-corrected chi connectivity index (χ3v) is 3.71. The first-order valence-electron chi connectivity index (χ1n) is 9.06. The molecule has 0 fully saturated rings. The van der Waals surface area contributed by atoms with Crippen molar-refractivity contribution in [1.29, 1.82) is 0 Å². The molecule has 0 saturated heterocycles. The van der Waals surface area contributed by atoms with Crippen molar-refractivity contribution in [2.45, 2.75) is 33.4 Å². The molecule has 0 radical (unpaired) electrons. The van der Waals surface area contributed by atoms with Gasteiger partial charge in [0.2, 0.25) is 0 Å². The third kappa shape index (κ3) is 8.06. The van der Waals surface area contributed by atoms with Gasteiger partial charge < -0.3 is 20.1 Å². The van der Waals surface area contributed by atoms with Crippen LogP contribution in [0.1, 0.15) is 25.8 Å². The largest absolute Gasteiger partial charge is 0.493 e. The summed E-state index contributed by atoms with van der Waals surface area (Å²) in [6, 6.07) is 7.84. The second-order valence-electron chi connectivity index (χ2n) is 5.66. The SMILES string of the molecule is CCNC(=NCc1ccc(OC)c(OCC)c1)NCCCn1cccn1.I. The summed E-state index contributed by atoms with van der Waals surface area (Å²) in [5, 5.41) is 10.8. The number of ether oxygens (including phenoxy) is 2. The molecule has 0 bridgehead atoms. The molecule has 0 aliphatic carbocycles. The number of benzene rings is 1. The Labute approximate surface area is 178 Å². The van der Waals surface area contributed by atoms with Gasteiger partial charge in [-0.2, -0.15) is 5.10 Å². The first-order chi connectivity index (χ1) is 12.8. The standard InChI is InChI=1S/C19H29N5O2.HI/c1-4-20-19(21-10-6-12-24-13-7-11-23-24)22-15-16-8-9-17(25-3)18(14-16)26-5-2;/h7-9,11,13-14H,4-6,10,12,15H2,1-3H3,(H2,20,21,22);1H. The summed E-state index contributed by atoms with van der Waals surface area (Å²) in [5.41, 5.74) is 1.07. The Kier molecular flexibility index (Phi) is 11.3. The van der Waals surface area contributed by atoms with Crippen molar-refractivity contribution in [3.63, 3.8) is 0 Å². The lowest BCUT2D eigenvalue weighted by atomic mass is 10.2. The van der Waals surface area contributed by atoms with Gasteiger partial charge in [-0.1, -0.05) is 6.07 Å². The number of aliphatic imine (C=N–C) groups is 1. The minimum absolute atomic E-state index is 0. The second-order valence-corrected chi connectivity index (χ2v) is 5.66. The predicted octanol–water partition coefficient (Wildman–Crippen LogP) is 3.05. The Hall–Kier alpha value is -1.97. The molecule has 2 N–H and O–H groups in total. The van der Waals surface area contributed by atoms with E-state index < -0.39 is 0 Å². The highest BCUT2D eigenvalue weighted by molar-refractivity contribution is 14.0. The molecule has 8 heteroatoms. The van der Waals surface area contributed by atoms with Crippen molar-refractivity contribution in [2.24, 2.45) is 4.99 Å². The van der Waals surface area contributed by atoms with Crippen LogP contribution in [0.15, 0.2) is 41.7 Å². The molecule has 27 heavy (non-hydrogen) atoms. The lowest BCUT2D eigenvalue weighted by Crippen LogP contribution is -2.38. The van der Waals surface area contributed by atoms with Crippen molar-refractivity contribution >= 4 is 29.9 Å². The molecule has 150 valence electrons. The van der Waals surface area contributed by atoms with E-state index in [1.54, 1.807) is 13.3 Å². The van der Waals surface area contributed by atoms with E-state index in [-0.39, 0.29) is 24.0 Å². The number of halogens is 1. The summed E-state index contributed by atoms with van der Waals surface area (Å²) < 4.78 is 12.9. The molecular weight excluding hydrogens is 457 g/mol. The molecule has 0 unspecified atom stereocenters. The van der Waals surface area contributed by atoms with Crippen molar-refractivity contribution in [1.82, 2.24) is 20.4 Å². The Morgan fingerprint density at radius 3 is 2.74 bits per heavy atom. The average molecular weight is 487 g/mol. The lowest BCUT2D eigenvalue weighted by molar-refractivity contribution is 0.310. The van der Waals surface area contributed by atoms with Gasteiger partial charge in [0.05, 0.1) is 20.3 Å². The topological polar surface area (TPSA) is 72.7 Å². The number of methoxy groups -OCH3 is 1. The van der Waals surface area contributed by atoms with Crippen LogP contribution in [0.3, 0.4) is 0 Å². The molecule has 2 aromatic rings. The number of aryl methyl sites for hydroxylation is 1. The zero-order valence-electron chi connectivity index (χ0n) is 16.3. The van der Waals surface area contributed by atoms with Crippen LogP contribution in [-0.2, 0) is 13.1 Å². The first-order valence-corrected chi connectivity index (χ1v) is 9.06. The Morgan fingerprint density at radius 1 is 1.22 bits per heavy atom. The van der Waals surface area contributed by atoms with Gasteiger partial charge in [0.1, 0.15) is 0 Å². The van der Waals surface area contributed by atoms with E-state index in [0.29, 0.717) is 13.2 Å². The van der Waals surface area contributed by atoms with Crippen LogP contribution in [0.2, 0.25) is 0 Å². The summed E-state index contributed by atoms with van der Waals surface area (Å²) in [6.07, 6.45) is 4.74. The number of rotatable bonds is 10. The van der Waals surface area contributed by atoms with Gasteiger partial charge >= 0.3 is 0 Å². The minimum atomic E-state index is 0. The Balaban J connectivity index is 0.00000364. The van der Waals surface area contributed by atoms with Gasteiger partial charge in [-0.05, 0) is 44.0 Å². The van der Waals surface area contributed by atoms with Gasteiger partial charge in [0.15, 0.2) is 17.5 Å². The normalized spacial score (nSPS) is 10.9. The zero-order valence-corrected chi connectivity index (χ0v) is 18.6. The summed E-state index contributed by atoms with van der Waals surface area (Å²) in [7, 11) is 1.64. The fraction of sp³-hybridized carbons (Fsp3) is 0.474. The lowest BCUT2D eigenvalue weighted by Gasteiger charge is -2.12. The molecule has 0 aliphatic rings. The molecular formula is C19H30IN5O2. The van der Waals surface area contributed by atoms with Crippen molar-refractivity contribution < 1.29 is 9.47 Å². The summed E-state index contributed by atoms with van der Waals surface area (Å²) in [4.78, 5) is 4.65. The Morgan fingerprint density at radius 2 is 2.07 bits per heavy atom. The summed E-state index contributed by atoms with van der Waals surface area (Å²) >= 11 is 0. The van der Waals surface area contributed by atoms with Crippen LogP contribution < -0.4 is 20.1 Å². The molecule has 0 atom stereocenters. The first kappa shape index (κ1) is 23.1. The van der Waals surface area contributed by atoms with E-state index in [1.807, 2.05) is 42.1 Å². The maximum absolute atomic E-state index is 5.62. The van der Waals surface area contributed by atoms with E-state index in [2.05, 4.69) is 27.6 Å². The molecule has 0 spiro atoms. The number of hydrogen-bond donors (Lipinski definition) is 2. The van der Waals surface area contributed by atoms with Crippen LogP contribution >= 0.6 is 24.0 Å². The van der Waals surface area contributed by atoms with Crippen LogP contribution in [0, 0.1) is 0 Å². The number of nitrogens with zero attached hydrogens (tertiary/aromatic N) is 3. The summed E-state index contributed by atoms with van der Waals surface area (Å²) in [5.74, 6) is 2.30. The molecule has 0 amide bonds. The van der Waals surface area contributed by atoms with E-state index in [0.717, 1.165) is 49.1 Å². The van der Waals surface area contributed by atoms with E-state index in [4.69, 9.17) is 9.47 Å². The van der Waals surface area contributed by atoms with Crippen molar-refractivity contribution in [3.8, 4) is 11.5 Å². The van der Waals surface area contributed by atoms with Crippen LogP contribution in [-0.4, -0.2) is 42.5 Å². The van der Waals surface area contributed by atoms with E-state index in [1.165, 1.54) is 0 Å². The van der Waals surface area contributed by atoms with Crippen LogP contribution in [0.25, 0.3) is 0 Å². The smallest absolute Gasteiger partial charge is 0.191 e. The number of aromatic nitrogens is 2. The molecule has 2 rings (SSSR count). The highest BCUT2D eigenvalue weighted by atomic mass is 127. The van der Waals surface area contributed by atoms with Crippen LogP contribution in [0.5, 0.6) is 11.5 Å². The number of guanidine groups is 1. The number of nitrogens with one attached hydrogen (secondary N) is 2. The second kappa shape index (κ2) is 13.2. The number of hydrogen-bond acceptors (Lipinski definition) is 4. The predicted molar refractivity (Wildman–Crippen MR) is 119 cm³/mol. The van der Waals surface area contributed by atoms with Gasteiger partial charge in [-0.25, -0.2) is 4.99 Å². The van der Waals surface area contributed by atoms with E-state index in [9.17, 15) is 0 Å². The molecule has 1 heterocycles. The molecule has 1 aromatic heterocycles. The molecule has 0 saturated carbocycles. The molecule has 7 nitrogen and oxygen atoms in total. The summed E-state index contributed by atoms with van der Waals surface area (Å²) in [6.45, 7) is 7.72.